The summed E-state index contributed by atoms with van der Waals surface area (Å²) in [6.07, 6.45) is 1.49. The summed E-state index contributed by atoms with van der Waals surface area (Å²) in [6.45, 7) is 0.175. The van der Waals surface area contributed by atoms with Crippen molar-refractivity contribution in [2.24, 2.45) is 5.16 Å². The molecule has 6 rings (SSSR count). The third kappa shape index (κ3) is 4.37. The number of hydrogen-bond donors (Lipinski definition) is 1. The van der Waals surface area contributed by atoms with Gasteiger partial charge in [-0.2, -0.15) is 0 Å². The normalized spacial score (nSPS) is 17.5. The van der Waals surface area contributed by atoms with E-state index in [0.717, 1.165) is 0 Å². The topological polar surface area (TPSA) is 103 Å². The van der Waals surface area contributed by atoms with Crippen molar-refractivity contribution < 1.29 is 41.4 Å². The lowest BCUT2D eigenvalue weighted by atomic mass is 9.74. The number of aliphatic hydroxyl groups excluding tert-OH is 1. The van der Waals surface area contributed by atoms with Gasteiger partial charge in [0.15, 0.2) is 23.3 Å². The van der Waals surface area contributed by atoms with Crippen molar-refractivity contribution in [3.8, 4) is 11.4 Å². The molecule has 2 aliphatic heterocycles. The van der Waals surface area contributed by atoms with Crippen LogP contribution in [0.1, 0.15) is 47.6 Å². The molecule has 2 aromatic heterocycles. The van der Waals surface area contributed by atoms with Crippen LogP contribution in [0.5, 0.6) is 0 Å². The molecular weight excluding hydrogens is 577 g/mol. The molecule has 222 valence electrons. The smallest absolute Gasteiger partial charge is 0.307 e. The Labute approximate surface area is 240 Å². The van der Waals surface area contributed by atoms with Gasteiger partial charge in [0, 0.05) is 21.9 Å². The molecule has 0 radical (unpaired) electrons. The van der Waals surface area contributed by atoms with E-state index in [9.17, 15) is 36.6 Å². The number of esters is 1. The van der Waals surface area contributed by atoms with Crippen molar-refractivity contribution in [2.75, 3.05) is 6.61 Å². The third-order valence-electron chi connectivity index (χ3n) is 8.17. The molecule has 0 spiro atoms. The Morgan fingerprint density at radius 2 is 1.77 bits per heavy atom. The molecule has 0 aliphatic carbocycles. The Morgan fingerprint density at radius 1 is 1.07 bits per heavy atom. The van der Waals surface area contributed by atoms with Gasteiger partial charge in [0.2, 0.25) is 5.82 Å². The predicted octanol–water partition coefficient (Wildman–Crippen LogP) is 4.76. The zero-order valence-electron chi connectivity index (χ0n) is 22.5. The van der Waals surface area contributed by atoms with E-state index in [1.54, 1.807) is 30.3 Å². The molecule has 2 aromatic carbocycles. The van der Waals surface area contributed by atoms with Gasteiger partial charge in [-0.3, -0.25) is 9.59 Å². The van der Waals surface area contributed by atoms with Crippen molar-refractivity contribution in [1.82, 2.24) is 9.55 Å². The number of carbonyl (C=O) groups excluding carboxylic acids is 1. The van der Waals surface area contributed by atoms with Gasteiger partial charge in [-0.05, 0) is 24.1 Å². The molecule has 0 fully saturated rings. The molecule has 43 heavy (non-hydrogen) atoms. The highest BCUT2D eigenvalue weighted by atomic mass is 19.2. The summed E-state index contributed by atoms with van der Waals surface area (Å²) in [5.74, 6) is -11.0. The van der Waals surface area contributed by atoms with Crippen LogP contribution in [0.2, 0.25) is 0 Å². The van der Waals surface area contributed by atoms with E-state index in [1.165, 1.54) is 10.8 Å². The van der Waals surface area contributed by atoms with E-state index in [1.807, 2.05) is 6.92 Å². The van der Waals surface area contributed by atoms with Crippen LogP contribution in [0.3, 0.4) is 0 Å². The molecule has 1 atom stereocenters. The first-order chi connectivity index (χ1) is 20.6. The van der Waals surface area contributed by atoms with Gasteiger partial charge in [-0.25, -0.2) is 26.9 Å². The number of pyridine rings is 2. The highest BCUT2D eigenvalue weighted by Gasteiger charge is 2.41. The number of oxime groups is 1. The Kier molecular flexibility index (Phi) is 6.99. The standard InChI is InChI=1S/C30H22F5N3O5/c1-2-30(13-39)8-22(40)42-11-17-19(30)7-21-28-16(10-38(21)29(17)41)15(14-5-3-4-6-20(14)37-28)9-36-43-12-18-23(31)25(33)27(35)26(34)24(18)32/h3-7,9,39H,2,8,10-13H2,1H3/b36-9+. The third-order valence-corrected chi connectivity index (χ3v) is 8.17. The molecule has 4 aromatic rings. The van der Waals surface area contributed by atoms with Gasteiger partial charge in [0.05, 0.1) is 53.8 Å². The number of benzene rings is 2. The molecule has 1 N–H and O–H groups in total. The van der Waals surface area contributed by atoms with E-state index < -0.39 is 58.2 Å². The zero-order valence-corrected chi connectivity index (χ0v) is 22.5. The summed E-state index contributed by atoms with van der Waals surface area (Å²) < 4.78 is 75.5. The van der Waals surface area contributed by atoms with Gasteiger partial charge in [0.1, 0.15) is 13.2 Å². The number of aliphatic hydroxyl groups is 1. The van der Waals surface area contributed by atoms with Crippen molar-refractivity contribution >= 4 is 23.1 Å². The van der Waals surface area contributed by atoms with Crippen LogP contribution in [-0.2, 0) is 39.5 Å². The lowest BCUT2D eigenvalue weighted by Crippen LogP contribution is -2.35. The first-order valence-electron chi connectivity index (χ1n) is 13.2. The van der Waals surface area contributed by atoms with E-state index in [4.69, 9.17) is 14.6 Å². The predicted molar refractivity (Wildman–Crippen MR) is 143 cm³/mol. The average Bonchev–Trinajstić information content (AvgIpc) is 3.31. The first kappa shape index (κ1) is 28.5. The molecule has 0 amide bonds. The molecule has 4 heterocycles. The number of halogens is 5. The monoisotopic (exact) mass is 599 g/mol. The second-order valence-corrected chi connectivity index (χ2v) is 10.4. The number of aromatic nitrogens is 2. The van der Waals surface area contributed by atoms with Crippen LogP contribution in [0.4, 0.5) is 22.0 Å². The van der Waals surface area contributed by atoms with Crippen LogP contribution < -0.4 is 5.56 Å². The molecule has 0 bridgehead atoms. The minimum Gasteiger partial charge on any atom is -0.461 e. The number of cyclic esters (lactones) is 1. The average molecular weight is 600 g/mol. The van der Waals surface area contributed by atoms with Crippen molar-refractivity contribution in [3.05, 3.63) is 97.6 Å². The van der Waals surface area contributed by atoms with Crippen LogP contribution in [0, 0.1) is 29.1 Å². The lowest BCUT2D eigenvalue weighted by molar-refractivity contribution is -0.146. The number of hydrogen-bond acceptors (Lipinski definition) is 7. The summed E-state index contributed by atoms with van der Waals surface area (Å²) in [5, 5.41) is 14.7. The molecular formula is C30H22F5N3O5. The quantitative estimate of drug-likeness (QED) is 0.0755. The Morgan fingerprint density at radius 3 is 2.47 bits per heavy atom. The van der Waals surface area contributed by atoms with Crippen LogP contribution in [0.25, 0.3) is 22.3 Å². The fraction of sp³-hybridized carbons (Fsp3) is 0.267. The van der Waals surface area contributed by atoms with Gasteiger partial charge in [-0.1, -0.05) is 30.3 Å². The van der Waals surface area contributed by atoms with Gasteiger partial charge in [0.25, 0.3) is 5.56 Å². The summed E-state index contributed by atoms with van der Waals surface area (Å²) in [6, 6.07) is 8.70. The van der Waals surface area contributed by atoms with Gasteiger partial charge >= 0.3 is 5.97 Å². The maximum absolute atomic E-state index is 14.1. The molecule has 0 saturated heterocycles. The van der Waals surface area contributed by atoms with Gasteiger partial charge < -0.3 is 19.2 Å². The van der Waals surface area contributed by atoms with E-state index >= 15 is 0 Å². The molecule has 2 aliphatic rings. The fourth-order valence-electron chi connectivity index (χ4n) is 5.72. The van der Waals surface area contributed by atoms with E-state index in [2.05, 4.69) is 5.16 Å². The summed E-state index contributed by atoms with van der Waals surface area (Å²) in [5.41, 5.74) is 0.535. The number of rotatable bonds is 6. The van der Waals surface area contributed by atoms with E-state index in [0.29, 0.717) is 45.4 Å². The van der Waals surface area contributed by atoms with Crippen LogP contribution >= 0.6 is 0 Å². The maximum Gasteiger partial charge on any atom is 0.307 e. The molecule has 13 heteroatoms. The zero-order chi connectivity index (χ0) is 30.6. The van der Waals surface area contributed by atoms with Gasteiger partial charge in [-0.15, -0.1) is 0 Å². The minimum absolute atomic E-state index is 0.0415. The Bertz CT molecular complexity index is 1890. The van der Waals surface area contributed by atoms with E-state index in [-0.39, 0.29) is 31.7 Å². The molecule has 8 nitrogen and oxygen atoms in total. The number of para-hydroxylation sites is 1. The Balaban J connectivity index is 1.44. The SMILES string of the molecule is CCC1(CO)CC(=O)OCc2c1cc1n(c2=O)Cc2c-1nc1ccccc1c2/C=N/OCc1c(F)c(F)c(F)c(F)c1F. The lowest BCUT2D eigenvalue weighted by Gasteiger charge is -2.30. The first-order valence-corrected chi connectivity index (χ1v) is 13.2. The number of fused-ring (bicyclic) bond motifs is 5. The fourth-order valence-corrected chi connectivity index (χ4v) is 5.72. The summed E-state index contributed by atoms with van der Waals surface area (Å²) in [7, 11) is 0. The maximum atomic E-state index is 14.1. The highest BCUT2D eigenvalue weighted by molar-refractivity contribution is 6.02. The van der Waals surface area contributed by atoms with Crippen LogP contribution in [0.15, 0.2) is 40.3 Å². The Hall–Kier alpha value is -4.65. The number of nitrogens with zero attached hydrogens (tertiary/aromatic N) is 3. The number of carbonyl (C=O) groups is 1. The molecule has 0 saturated carbocycles. The van der Waals surface area contributed by atoms with Crippen molar-refractivity contribution in [1.29, 1.82) is 0 Å². The summed E-state index contributed by atoms with van der Waals surface area (Å²) in [4.78, 5) is 35.9. The second kappa shape index (κ2) is 10.6. The van der Waals surface area contributed by atoms with Crippen LogP contribution in [-0.4, -0.2) is 33.4 Å². The largest absolute Gasteiger partial charge is 0.461 e. The van der Waals surface area contributed by atoms with Crippen molar-refractivity contribution in [2.45, 2.75) is 44.9 Å². The summed E-state index contributed by atoms with van der Waals surface area (Å²) >= 11 is 0. The number of ether oxygens (including phenoxy) is 1. The second-order valence-electron chi connectivity index (χ2n) is 10.4. The molecule has 1 unspecified atom stereocenters. The highest BCUT2D eigenvalue weighted by Crippen LogP contribution is 2.41. The van der Waals surface area contributed by atoms with Crippen molar-refractivity contribution in [3.63, 3.8) is 0 Å². The minimum atomic E-state index is -2.28.